The second-order valence-electron chi connectivity index (χ2n) is 14.5. The molecule has 2 aliphatic carbocycles. The Morgan fingerprint density at radius 1 is 0.914 bits per heavy atom. The number of aromatic nitrogens is 1. The van der Waals surface area contributed by atoms with Crippen molar-refractivity contribution in [1.82, 2.24) is 15.0 Å². The molecule has 2 saturated heterocycles. The van der Waals surface area contributed by atoms with E-state index in [1.165, 1.54) is 31.3 Å². The van der Waals surface area contributed by atoms with Gasteiger partial charge in [-0.15, -0.1) is 0 Å². The zero-order valence-corrected chi connectivity index (χ0v) is 31.9. The minimum Gasteiger partial charge on any atom is -0.491 e. The molecule has 3 aromatic carbocycles. The number of hydrogen-bond donors (Lipinski definition) is 2. The number of pyridine rings is 1. The zero-order valence-electron chi connectivity index (χ0n) is 30.4. The molecule has 0 radical (unpaired) electrons. The normalized spacial score (nSPS) is 25.3. The van der Waals surface area contributed by atoms with Gasteiger partial charge in [-0.05, 0) is 90.6 Å². The maximum Gasteiger partial charge on any atom is 0.433 e. The number of allylic oxidation sites excluding steroid dienone is 2. The fraction of sp³-hybridized carbons (Fsp3) is 0.293. The summed E-state index contributed by atoms with van der Waals surface area (Å²) in [5.74, 6) is -8.16. The van der Waals surface area contributed by atoms with Crippen LogP contribution in [0.5, 0.6) is 5.75 Å². The standard InChI is InChI=1S/C41H33Cl2F4N5O6/c1-50(35-31(43)16-17-32(48-35)41(45,46)47)52-36(54)28-15-14-27-29(33(28)38(52)56)20-30-37(55)51(49-25-10-8-24(44)9-11-25)39(57)40(30,22-4-6-23(42)7-5-22)34(27)21-2-12-26(13-3-21)58-19-18-53/h2-14,16-17,28-30,33-34,49,53H,15,18-20H2,1H3/t28-,29+,30-,33-,34-,40+/m0/s1. The maximum absolute atomic E-state index is 15.3. The van der Waals surface area contributed by atoms with Crippen LogP contribution in [0.15, 0.2) is 96.6 Å². The molecule has 58 heavy (non-hydrogen) atoms. The number of benzene rings is 3. The van der Waals surface area contributed by atoms with Gasteiger partial charge >= 0.3 is 6.18 Å². The zero-order chi connectivity index (χ0) is 41.3. The summed E-state index contributed by atoms with van der Waals surface area (Å²) in [5.41, 5.74) is 1.85. The SMILES string of the molecule is CN(c1nc(C(F)(F)F)ccc1Cl)N1C(=O)[C@H]2[C@H](CC=C3[C@H]2C[C@H]2C(=O)N(Nc4ccc(F)cc4)C(=O)[C@@]2(c2ccc(Cl)cc2)[C@H]3c2ccc(OCCO)cc2)C1=O. The summed E-state index contributed by atoms with van der Waals surface area (Å²) in [6, 6.07) is 20.1. The third-order valence-electron chi connectivity index (χ3n) is 11.5. The number of hydrazine groups is 2. The molecule has 0 spiro atoms. The number of hydrogen-bond acceptors (Lipinski definition) is 9. The van der Waals surface area contributed by atoms with Gasteiger partial charge in [0.1, 0.15) is 23.9 Å². The highest BCUT2D eigenvalue weighted by Crippen LogP contribution is 2.64. The molecule has 4 amide bonds. The van der Waals surface area contributed by atoms with Gasteiger partial charge in [0.25, 0.3) is 23.6 Å². The molecule has 0 unspecified atom stereocenters. The molecule has 4 aliphatic rings. The van der Waals surface area contributed by atoms with Gasteiger partial charge in [-0.3, -0.25) is 29.6 Å². The lowest BCUT2D eigenvalue weighted by Crippen LogP contribution is -2.53. The predicted octanol–water partition coefficient (Wildman–Crippen LogP) is 6.95. The van der Waals surface area contributed by atoms with Crippen LogP contribution in [-0.4, -0.2) is 64.0 Å². The Balaban J connectivity index is 1.27. The molecular formula is C41H33Cl2F4N5O6. The molecule has 3 fully saturated rings. The highest BCUT2D eigenvalue weighted by Gasteiger charge is 2.70. The van der Waals surface area contributed by atoms with Gasteiger partial charge in [0.15, 0.2) is 5.82 Å². The number of rotatable bonds is 9. The Kier molecular flexibility index (Phi) is 9.97. The van der Waals surface area contributed by atoms with Crippen LogP contribution in [0.25, 0.3) is 0 Å². The summed E-state index contributed by atoms with van der Waals surface area (Å²) in [6.07, 6.45) is -3.06. The number of carbonyl (C=O) groups excluding carboxylic acids is 4. The predicted molar refractivity (Wildman–Crippen MR) is 203 cm³/mol. The van der Waals surface area contributed by atoms with Gasteiger partial charge in [0, 0.05) is 18.0 Å². The maximum atomic E-state index is 15.3. The van der Waals surface area contributed by atoms with Crippen LogP contribution >= 0.6 is 23.2 Å². The van der Waals surface area contributed by atoms with E-state index in [2.05, 4.69) is 10.4 Å². The van der Waals surface area contributed by atoms with Crippen molar-refractivity contribution in [2.45, 2.75) is 30.4 Å². The molecule has 17 heteroatoms. The van der Waals surface area contributed by atoms with Crippen LogP contribution in [0, 0.1) is 29.5 Å². The van der Waals surface area contributed by atoms with Crippen molar-refractivity contribution in [3.05, 3.63) is 129 Å². The number of anilines is 2. The van der Waals surface area contributed by atoms with E-state index in [9.17, 15) is 37.1 Å². The van der Waals surface area contributed by atoms with Gasteiger partial charge in [-0.1, -0.05) is 59.1 Å². The Morgan fingerprint density at radius 3 is 2.26 bits per heavy atom. The third kappa shape index (κ3) is 6.27. The molecule has 3 heterocycles. The minimum atomic E-state index is -4.84. The fourth-order valence-corrected chi connectivity index (χ4v) is 9.49. The number of ether oxygens (including phenoxy) is 1. The average Bonchev–Trinajstić information content (AvgIpc) is 3.58. The number of aliphatic hydroxyl groups is 1. The van der Waals surface area contributed by atoms with E-state index < -0.39 is 82.1 Å². The first-order valence-corrected chi connectivity index (χ1v) is 19.0. The minimum absolute atomic E-state index is 0.0230. The molecule has 1 saturated carbocycles. The lowest BCUT2D eigenvalue weighted by molar-refractivity contribution is -0.142. The summed E-state index contributed by atoms with van der Waals surface area (Å²) in [7, 11) is 1.23. The van der Waals surface area contributed by atoms with Crippen molar-refractivity contribution in [3.8, 4) is 5.75 Å². The second kappa shape index (κ2) is 14.7. The molecule has 2 aliphatic heterocycles. The first-order valence-electron chi connectivity index (χ1n) is 18.2. The van der Waals surface area contributed by atoms with Gasteiger partial charge in [-0.25, -0.2) is 9.37 Å². The van der Waals surface area contributed by atoms with Crippen LogP contribution in [0.4, 0.5) is 29.1 Å². The van der Waals surface area contributed by atoms with Crippen LogP contribution in [0.2, 0.25) is 10.0 Å². The number of nitrogens with zero attached hydrogens (tertiary/aromatic N) is 4. The highest BCUT2D eigenvalue weighted by atomic mass is 35.5. The van der Waals surface area contributed by atoms with Crippen molar-refractivity contribution in [3.63, 3.8) is 0 Å². The summed E-state index contributed by atoms with van der Waals surface area (Å²) in [4.78, 5) is 62.6. The van der Waals surface area contributed by atoms with Crippen molar-refractivity contribution < 1.29 is 46.6 Å². The lowest BCUT2D eigenvalue weighted by Gasteiger charge is -2.50. The van der Waals surface area contributed by atoms with E-state index in [-0.39, 0.29) is 36.8 Å². The van der Waals surface area contributed by atoms with E-state index in [1.54, 1.807) is 48.5 Å². The van der Waals surface area contributed by atoms with Gasteiger partial charge in [-0.2, -0.15) is 23.2 Å². The van der Waals surface area contributed by atoms with Crippen LogP contribution in [0.3, 0.4) is 0 Å². The number of amides is 4. The van der Waals surface area contributed by atoms with Gasteiger partial charge in [0.2, 0.25) is 0 Å². The number of nitrogens with one attached hydrogen (secondary N) is 1. The molecule has 300 valence electrons. The third-order valence-corrected chi connectivity index (χ3v) is 12.1. The largest absolute Gasteiger partial charge is 0.491 e. The molecule has 6 atom stereocenters. The first-order chi connectivity index (χ1) is 27.7. The molecular weight excluding hydrogens is 805 g/mol. The van der Waals surface area contributed by atoms with Crippen molar-refractivity contribution in [1.29, 1.82) is 0 Å². The van der Waals surface area contributed by atoms with E-state index in [4.69, 9.17) is 27.9 Å². The van der Waals surface area contributed by atoms with Gasteiger partial charge in [0.05, 0.1) is 40.5 Å². The van der Waals surface area contributed by atoms with E-state index in [1.807, 2.05) is 6.08 Å². The summed E-state index contributed by atoms with van der Waals surface area (Å²) < 4.78 is 60.6. The number of fused-ring (bicyclic) bond motifs is 4. The average molecular weight is 839 g/mol. The molecule has 0 bridgehead atoms. The smallest absolute Gasteiger partial charge is 0.433 e. The number of carbonyl (C=O) groups is 4. The Bertz CT molecular complexity index is 2350. The summed E-state index contributed by atoms with van der Waals surface area (Å²) in [5, 5.41) is 12.1. The summed E-state index contributed by atoms with van der Waals surface area (Å²) in [6.45, 7) is -0.208. The quantitative estimate of drug-likeness (QED) is 0.104. The number of aliphatic hydroxyl groups excluding tert-OH is 1. The van der Waals surface area contributed by atoms with E-state index in [0.29, 0.717) is 33.5 Å². The van der Waals surface area contributed by atoms with Gasteiger partial charge < -0.3 is 9.84 Å². The monoisotopic (exact) mass is 837 g/mol. The fourth-order valence-electron chi connectivity index (χ4n) is 9.14. The molecule has 8 rings (SSSR count). The van der Waals surface area contributed by atoms with Crippen LogP contribution in [-0.2, 0) is 30.8 Å². The summed E-state index contributed by atoms with van der Waals surface area (Å²) >= 11 is 12.6. The van der Waals surface area contributed by atoms with Crippen molar-refractivity contribution in [2.75, 3.05) is 30.7 Å². The van der Waals surface area contributed by atoms with Crippen LogP contribution in [0.1, 0.15) is 35.6 Å². The Labute approximate surface area is 338 Å². The molecule has 1 aromatic heterocycles. The van der Waals surface area contributed by atoms with E-state index >= 15 is 4.79 Å². The van der Waals surface area contributed by atoms with Crippen molar-refractivity contribution in [2.24, 2.45) is 23.7 Å². The Morgan fingerprint density at radius 2 is 1.60 bits per heavy atom. The molecule has 11 nitrogen and oxygen atoms in total. The lowest BCUT2D eigenvalue weighted by atomic mass is 9.49. The molecule has 2 N–H and O–H groups in total. The second-order valence-corrected chi connectivity index (χ2v) is 15.4. The number of halogens is 6. The Hall–Kier alpha value is -5.51. The molecule has 4 aromatic rings. The number of alkyl halides is 3. The van der Waals surface area contributed by atoms with Crippen molar-refractivity contribution >= 4 is 58.3 Å². The number of imide groups is 2. The highest BCUT2D eigenvalue weighted by molar-refractivity contribution is 6.33. The topological polar surface area (TPSA) is 132 Å². The first kappa shape index (κ1) is 39.3. The van der Waals surface area contributed by atoms with Crippen LogP contribution < -0.4 is 15.2 Å². The van der Waals surface area contributed by atoms with E-state index in [0.717, 1.165) is 21.1 Å².